The van der Waals surface area contributed by atoms with Gasteiger partial charge in [0.05, 0.1) is 33.1 Å². The first-order valence-electron chi connectivity index (χ1n) is 16.8. The number of hydrogen-bond acceptors (Lipinski definition) is 2. The molecular weight excluding hydrogens is 613 g/mol. The van der Waals surface area contributed by atoms with Gasteiger partial charge in [-0.3, -0.25) is 9.13 Å². The van der Waals surface area contributed by atoms with Crippen LogP contribution in [0.15, 0.2) is 170 Å². The summed E-state index contributed by atoms with van der Waals surface area (Å²) in [5.41, 5.74) is 9.04. The van der Waals surface area contributed by atoms with Gasteiger partial charge in [0.1, 0.15) is 18.0 Å². The second kappa shape index (κ2) is 10.3. The molecule has 50 heavy (non-hydrogen) atoms. The van der Waals surface area contributed by atoms with Gasteiger partial charge in [-0.25, -0.2) is 9.97 Å². The summed E-state index contributed by atoms with van der Waals surface area (Å²) in [5, 5.41) is 7.11. The molecule has 0 radical (unpaired) electrons. The van der Waals surface area contributed by atoms with Crippen molar-refractivity contribution in [3.63, 3.8) is 0 Å². The predicted octanol–water partition coefficient (Wildman–Crippen LogP) is 10.6. The highest BCUT2D eigenvalue weighted by Gasteiger charge is 2.21. The average molecular weight is 641 g/mol. The van der Waals surface area contributed by atoms with Gasteiger partial charge in [0.2, 0.25) is 0 Å². The van der Waals surface area contributed by atoms with Crippen LogP contribution >= 0.6 is 0 Å². The quantitative estimate of drug-likeness (QED) is 0.192. The molecule has 0 saturated carbocycles. The molecule has 0 unspecified atom stereocenters. The van der Waals surface area contributed by atoms with Gasteiger partial charge in [-0.05, 0) is 60.7 Å². The van der Waals surface area contributed by atoms with Crippen molar-refractivity contribution in [3.8, 4) is 23.0 Å². The van der Waals surface area contributed by atoms with Crippen LogP contribution in [0.3, 0.4) is 0 Å². The topological polar surface area (TPSA) is 45.5 Å². The van der Waals surface area contributed by atoms with Crippen molar-refractivity contribution >= 4 is 65.4 Å². The molecule has 0 N–H and O–H groups in total. The van der Waals surface area contributed by atoms with E-state index in [-0.39, 0.29) is 0 Å². The van der Waals surface area contributed by atoms with Crippen LogP contribution in [0.2, 0.25) is 0 Å². The van der Waals surface area contributed by atoms with Crippen LogP contribution in [0.5, 0.6) is 0 Å². The highest BCUT2D eigenvalue weighted by molar-refractivity contribution is 6.19. The van der Waals surface area contributed by atoms with Crippen LogP contribution in [0.4, 0.5) is 0 Å². The molecule has 0 amide bonds. The second-order valence-corrected chi connectivity index (χ2v) is 12.8. The summed E-state index contributed by atoms with van der Waals surface area (Å²) in [5.74, 6) is 1.64. The summed E-state index contributed by atoms with van der Waals surface area (Å²) in [6.07, 6.45) is 6.03. The standard InChI is InChI=1S/C44H28N6/c1-3-11-29(12-4-1)47-25-23-35-37(47)21-19-33-31-15-7-9-17-39(31)49(43(33)35)41-27-42(46-28-45-41)50-40-18-10-8-16-32(40)34-20-22-38-36(44(34)50)24-26-48(38)30-13-5-2-6-14-30/h1-28H. The van der Waals surface area contributed by atoms with Gasteiger partial charge in [-0.1, -0.05) is 84.9 Å². The molecule has 5 aromatic heterocycles. The summed E-state index contributed by atoms with van der Waals surface area (Å²) in [7, 11) is 0. The van der Waals surface area contributed by atoms with E-state index in [2.05, 4.69) is 182 Å². The lowest BCUT2D eigenvalue weighted by Crippen LogP contribution is -2.03. The van der Waals surface area contributed by atoms with E-state index in [1.165, 1.54) is 32.3 Å². The Morgan fingerprint density at radius 2 is 0.780 bits per heavy atom. The number of aromatic nitrogens is 6. The Bertz CT molecular complexity index is 2880. The summed E-state index contributed by atoms with van der Waals surface area (Å²) >= 11 is 0. The molecule has 0 aliphatic carbocycles. The smallest absolute Gasteiger partial charge is 0.143 e. The maximum Gasteiger partial charge on any atom is 0.143 e. The number of benzene rings is 6. The molecule has 0 atom stereocenters. The number of para-hydroxylation sites is 4. The minimum Gasteiger partial charge on any atom is -0.316 e. The van der Waals surface area contributed by atoms with E-state index in [4.69, 9.17) is 9.97 Å². The van der Waals surface area contributed by atoms with Gasteiger partial charge >= 0.3 is 0 Å². The maximum absolute atomic E-state index is 4.96. The van der Waals surface area contributed by atoms with Crippen LogP contribution in [-0.2, 0) is 0 Å². The Balaban J connectivity index is 1.19. The first-order valence-corrected chi connectivity index (χ1v) is 16.8. The molecule has 0 bridgehead atoms. The zero-order chi connectivity index (χ0) is 32.8. The van der Waals surface area contributed by atoms with E-state index in [1.54, 1.807) is 6.33 Å². The van der Waals surface area contributed by atoms with Gasteiger partial charge in [-0.15, -0.1) is 0 Å². The monoisotopic (exact) mass is 640 g/mol. The maximum atomic E-state index is 4.96. The molecule has 0 fully saturated rings. The van der Waals surface area contributed by atoms with Gasteiger partial charge in [0, 0.05) is 62.2 Å². The first kappa shape index (κ1) is 27.1. The molecule has 6 nitrogen and oxygen atoms in total. The Labute approximate surface area is 286 Å². The second-order valence-electron chi connectivity index (χ2n) is 12.8. The molecule has 234 valence electrons. The Hall–Kier alpha value is -6.92. The predicted molar refractivity (Wildman–Crippen MR) is 204 cm³/mol. The fourth-order valence-electron chi connectivity index (χ4n) is 8.04. The number of hydrogen-bond donors (Lipinski definition) is 0. The molecule has 6 heteroatoms. The summed E-state index contributed by atoms with van der Waals surface area (Å²) in [6.45, 7) is 0. The van der Waals surface area contributed by atoms with Crippen molar-refractivity contribution in [1.29, 1.82) is 0 Å². The van der Waals surface area contributed by atoms with Crippen molar-refractivity contribution < 1.29 is 0 Å². The summed E-state index contributed by atoms with van der Waals surface area (Å²) in [6, 6.07) is 53.8. The lowest BCUT2D eigenvalue weighted by atomic mass is 10.1. The molecule has 5 heterocycles. The molecule has 0 aliphatic heterocycles. The van der Waals surface area contributed by atoms with Gasteiger partial charge in [-0.2, -0.15) is 0 Å². The Morgan fingerprint density at radius 3 is 1.26 bits per heavy atom. The summed E-state index contributed by atoms with van der Waals surface area (Å²) < 4.78 is 9.13. The normalized spacial score (nSPS) is 12.0. The lowest BCUT2D eigenvalue weighted by molar-refractivity contribution is 0.989. The van der Waals surface area contributed by atoms with Gasteiger partial charge in [0.15, 0.2) is 0 Å². The minimum absolute atomic E-state index is 0.820. The third-order valence-corrected chi connectivity index (χ3v) is 10.2. The molecular formula is C44H28N6. The van der Waals surface area contributed by atoms with Crippen molar-refractivity contribution in [2.24, 2.45) is 0 Å². The highest BCUT2D eigenvalue weighted by atomic mass is 15.1. The zero-order valence-electron chi connectivity index (χ0n) is 26.8. The van der Waals surface area contributed by atoms with Crippen LogP contribution in [0, 0.1) is 0 Å². The fraction of sp³-hybridized carbons (Fsp3) is 0. The fourth-order valence-corrected chi connectivity index (χ4v) is 8.04. The minimum atomic E-state index is 0.820. The summed E-state index contributed by atoms with van der Waals surface area (Å²) in [4.78, 5) is 9.92. The molecule has 11 aromatic rings. The third kappa shape index (κ3) is 3.73. The van der Waals surface area contributed by atoms with Crippen LogP contribution < -0.4 is 0 Å². The van der Waals surface area contributed by atoms with E-state index in [9.17, 15) is 0 Å². The van der Waals surface area contributed by atoms with E-state index >= 15 is 0 Å². The first-order chi connectivity index (χ1) is 24.8. The van der Waals surface area contributed by atoms with Crippen molar-refractivity contribution in [1.82, 2.24) is 28.2 Å². The van der Waals surface area contributed by atoms with Crippen molar-refractivity contribution in [2.75, 3.05) is 0 Å². The third-order valence-electron chi connectivity index (χ3n) is 10.2. The molecule has 0 spiro atoms. The van der Waals surface area contributed by atoms with Crippen LogP contribution in [0.25, 0.3) is 88.4 Å². The lowest BCUT2D eigenvalue weighted by Gasteiger charge is -2.12. The Kier molecular flexibility index (Phi) is 5.57. The number of fused-ring (bicyclic) bond motifs is 10. The molecule has 0 aliphatic rings. The Morgan fingerprint density at radius 1 is 0.340 bits per heavy atom. The van der Waals surface area contributed by atoms with Gasteiger partial charge in [0.25, 0.3) is 0 Å². The van der Waals surface area contributed by atoms with E-state index in [0.29, 0.717) is 0 Å². The van der Waals surface area contributed by atoms with E-state index < -0.39 is 0 Å². The van der Waals surface area contributed by atoms with Gasteiger partial charge < -0.3 is 9.13 Å². The number of rotatable bonds is 4. The average Bonchev–Trinajstić information content (AvgIpc) is 3.96. The highest BCUT2D eigenvalue weighted by Crippen LogP contribution is 2.40. The van der Waals surface area contributed by atoms with Crippen molar-refractivity contribution in [3.05, 3.63) is 170 Å². The number of nitrogens with zero attached hydrogens (tertiary/aromatic N) is 6. The zero-order valence-corrected chi connectivity index (χ0v) is 26.8. The SMILES string of the molecule is c1ccc(-n2ccc3c2ccc2c4ccccc4n(-c4cc(-n5c6ccccc6c6ccc7c(ccn7-c7ccccc7)c65)ncn4)c23)cc1. The van der Waals surface area contributed by atoms with Crippen molar-refractivity contribution in [2.45, 2.75) is 0 Å². The van der Waals surface area contributed by atoms with E-state index in [0.717, 1.165) is 56.1 Å². The van der Waals surface area contributed by atoms with E-state index in [1.807, 2.05) is 0 Å². The molecule has 6 aromatic carbocycles. The largest absolute Gasteiger partial charge is 0.316 e. The molecule has 11 rings (SSSR count). The van der Waals surface area contributed by atoms with Crippen LogP contribution in [0.1, 0.15) is 0 Å². The van der Waals surface area contributed by atoms with Crippen LogP contribution in [-0.4, -0.2) is 28.2 Å². The molecule has 0 saturated heterocycles.